The molecule has 2 aromatic rings. The summed E-state index contributed by atoms with van der Waals surface area (Å²) in [6.45, 7) is 3.45. The highest BCUT2D eigenvalue weighted by atomic mass is 35.5. The average molecular weight is 383 g/mol. The van der Waals surface area contributed by atoms with Gasteiger partial charge in [0.05, 0.1) is 18.3 Å². The van der Waals surface area contributed by atoms with Crippen molar-refractivity contribution in [3.63, 3.8) is 0 Å². The maximum Gasteiger partial charge on any atom is 0.254 e. The van der Waals surface area contributed by atoms with Crippen LogP contribution in [0.5, 0.6) is 0 Å². The van der Waals surface area contributed by atoms with Gasteiger partial charge < -0.3 is 10.6 Å². The number of nitrogens with one attached hydrogen (secondary N) is 2. The van der Waals surface area contributed by atoms with Gasteiger partial charge in [0.25, 0.3) is 5.91 Å². The van der Waals surface area contributed by atoms with Crippen molar-refractivity contribution < 1.29 is 4.79 Å². The molecule has 2 N–H and O–H groups in total. The second-order valence-electron chi connectivity index (χ2n) is 6.27. The fourth-order valence-corrected chi connectivity index (χ4v) is 3.23. The molecular formula is C18H24Cl2N4O. The fraction of sp³-hybridized carbons (Fsp3) is 0.444. The smallest absolute Gasteiger partial charge is 0.254 e. The van der Waals surface area contributed by atoms with Crippen LogP contribution < -0.4 is 10.6 Å². The first-order chi connectivity index (χ1) is 11.7. The highest BCUT2D eigenvalue weighted by molar-refractivity contribution is 6.31. The number of carbonyl (C=O) groups is 1. The predicted molar refractivity (Wildman–Crippen MR) is 103 cm³/mol. The standard InChI is InChI=1S/C18H23ClN4O.ClH/c19-17-6-2-1-5-15(17)12-23-13-16(11-22-23)18(24)21-9-7-14-4-3-8-20-10-14;/h1-2,5-6,11,13-14,20H,3-4,7-10,12H2,(H,21,24);1H. The van der Waals surface area contributed by atoms with Gasteiger partial charge in [-0.25, -0.2) is 0 Å². The number of piperidine rings is 1. The molecule has 0 bridgehead atoms. The Kier molecular flexibility index (Phi) is 7.75. The van der Waals surface area contributed by atoms with Gasteiger partial charge in [-0.15, -0.1) is 12.4 Å². The molecule has 1 aromatic carbocycles. The number of aromatic nitrogens is 2. The van der Waals surface area contributed by atoms with Gasteiger partial charge in [0.15, 0.2) is 0 Å². The van der Waals surface area contributed by atoms with E-state index in [2.05, 4.69) is 15.7 Å². The van der Waals surface area contributed by atoms with E-state index < -0.39 is 0 Å². The summed E-state index contributed by atoms with van der Waals surface area (Å²) in [5.41, 5.74) is 1.57. The monoisotopic (exact) mass is 382 g/mol. The normalized spacial score (nSPS) is 16.9. The zero-order valence-corrected chi connectivity index (χ0v) is 15.7. The van der Waals surface area contributed by atoms with Crippen molar-refractivity contribution in [3.05, 3.63) is 52.8 Å². The van der Waals surface area contributed by atoms with Crippen molar-refractivity contribution >= 4 is 29.9 Å². The third kappa shape index (κ3) is 5.73. The van der Waals surface area contributed by atoms with Gasteiger partial charge in [-0.3, -0.25) is 9.48 Å². The molecule has 1 aromatic heterocycles. The Morgan fingerprint density at radius 2 is 2.24 bits per heavy atom. The Hall–Kier alpha value is -1.56. The molecule has 0 saturated carbocycles. The van der Waals surface area contributed by atoms with Gasteiger partial charge in [-0.1, -0.05) is 29.8 Å². The van der Waals surface area contributed by atoms with E-state index in [-0.39, 0.29) is 18.3 Å². The average Bonchev–Trinajstić information content (AvgIpc) is 3.07. The summed E-state index contributed by atoms with van der Waals surface area (Å²) >= 11 is 6.16. The molecule has 0 aliphatic carbocycles. The van der Waals surface area contributed by atoms with Gasteiger partial charge in [0, 0.05) is 17.8 Å². The van der Waals surface area contributed by atoms with Crippen LogP contribution >= 0.6 is 24.0 Å². The highest BCUT2D eigenvalue weighted by Gasteiger charge is 2.14. The first-order valence-electron chi connectivity index (χ1n) is 8.47. The zero-order chi connectivity index (χ0) is 16.8. The largest absolute Gasteiger partial charge is 0.352 e. The van der Waals surface area contributed by atoms with Gasteiger partial charge >= 0.3 is 0 Å². The van der Waals surface area contributed by atoms with Crippen LogP contribution in [0, 0.1) is 5.92 Å². The van der Waals surface area contributed by atoms with Gasteiger partial charge in [-0.05, 0) is 49.9 Å². The van der Waals surface area contributed by atoms with E-state index in [0.717, 1.165) is 25.1 Å². The molecule has 2 heterocycles. The third-order valence-electron chi connectivity index (χ3n) is 4.42. The molecule has 1 atom stereocenters. The second kappa shape index (κ2) is 9.80. The summed E-state index contributed by atoms with van der Waals surface area (Å²) in [6.07, 6.45) is 6.87. The van der Waals surface area contributed by atoms with Crippen LogP contribution in [0.3, 0.4) is 0 Å². The lowest BCUT2D eigenvalue weighted by molar-refractivity contribution is 0.0950. The fourth-order valence-electron chi connectivity index (χ4n) is 3.03. The van der Waals surface area contributed by atoms with E-state index in [1.54, 1.807) is 17.1 Å². The molecule has 25 heavy (non-hydrogen) atoms. The number of hydrogen-bond acceptors (Lipinski definition) is 3. The molecule has 0 spiro atoms. The van der Waals surface area contributed by atoms with E-state index in [4.69, 9.17) is 11.6 Å². The predicted octanol–water partition coefficient (Wildman–Crippen LogP) is 3.13. The molecule has 7 heteroatoms. The summed E-state index contributed by atoms with van der Waals surface area (Å²) in [4.78, 5) is 12.2. The summed E-state index contributed by atoms with van der Waals surface area (Å²) in [6, 6.07) is 7.66. The lowest BCUT2D eigenvalue weighted by Crippen LogP contribution is -2.33. The van der Waals surface area contributed by atoms with Crippen LogP contribution in [0.25, 0.3) is 0 Å². The number of amides is 1. The van der Waals surface area contributed by atoms with Crippen LogP contribution in [0.15, 0.2) is 36.7 Å². The summed E-state index contributed by atoms with van der Waals surface area (Å²) in [5, 5.41) is 11.4. The van der Waals surface area contributed by atoms with Crippen molar-refractivity contribution in [1.29, 1.82) is 0 Å². The molecule has 1 aliphatic heterocycles. The van der Waals surface area contributed by atoms with Crippen molar-refractivity contribution in [2.24, 2.45) is 5.92 Å². The van der Waals surface area contributed by atoms with Crippen LogP contribution in [-0.2, 0) is 6.54 Å². The lowest BCUT2D eigenvalue weighted by Gasteiger charge is -2.22. The van der Waals surface area contributed by atoms with E-state index >= 15 is 0 Å². The number of nitrogens with zero attached hydrogens (tertiary/aromatic N) is 2. The highest BCUT2D eigenvalue weighted by Crippen LogP contribution is 2.16. The molecule has 0 radical (unpaired) electrons. The minimum Gasteiger partial charge on any atom is -0.352 e. The minimum absolute atomic E-state index is 0. The quantitative estimate of drug-likeness (QED) is 0.806. The Labute approximate surface area is 159 Å². The summed E-state index contributed by atoms with van der Waals surface area (Å²) in [7, 11) is 0. The number of hydrogen-bond donors (Lipinski definition) is 2. The molecular weight excluding hydrogens is 359 g/mol. The Balaban J connectivity index is 0.00000225. The molecule has 1 unspecified atom stereocenters. The van der Waals surface area contributed by atoms with Crippen LogP contribution in [-0.4, -0.2) is 35.3 Å². The number of rotatable bonds is 6. The van der Waals surface area contributed by atoms with Crippen molar-refractivity contribution in [1.82, 2.24) is 20.4 Å². The molecule has 1 saturated heterocycles. The molecule has 1 amide bonds. The molecule has 1 fully saturated rings. The third-order valence-corrected chi connectivity index (χ3v) is 4.79. The Morgan fingerprint density at radius 1 is 1.40 bits per heavy atom. The lowest BCUT2D eigenvalue weighted by atomic mass is 9.96. The molecule has 3 rings (SSSR count). The van der Waals surface area contributed by atoms with Crippen molar-refractivity contribution in [2.45, 2.75) is 25.8 Å². The summed E-state index contributed by atoms with van der Waals surface area (Å²) in [5.74, 6) is 0.603. The maximum absolute atomic E-state index is 12.2. The van der Waals surface area contributed by atoms with E-state index in [1.165, 1.54) is 12.8 Å². The first kappa shape index (κ1) is 19.8. The van der Waals surface area contributed by atoms with Gasteiger partial charge in [0.2, 0.25) is 0 Å². The molecule has 1 aliphatic rings. The van der Waals surface area contributed by atoms with E-state index in [9.17, 15) is 4.79 Å². The Morgan fingerprint density at radius 3 is 3.00 bits per heavy atom. The van der Waals surface area contributed by atoms with Crippen LogP contribution in [0.2, 0.25) is 5.02 Å². The Bertz CT molecular complexity index is 683. The van der Waals surface area contributed by atoms with Crippen molar-refractivity contribution in [2.75, 3.05) is 19.6 Å². The number of benzene rings is 1. The van der Waals surface area contributed by atoms with Crippen molar-refractivity contribution in [3.8, 4) is 0 Å². The molecule has 5 nitrogen and oxygen atoms in total. The zero-order valence-electron chi connectivity index (χ0n) is 14.1. The van der Waals surface area contributed by atoms with Gasteiger partial charge in [0.1, 0.15) is 0 Å². The van der Waals surface area contributed by atoms with E-state index in [1.807, 2.05) is 24.3 Å². The van der Waals surface area contributed by atoms with Gasteiger partial charge in [-0.2, -0.15) is 5.10 Å². The number of carbonyl (C=O) groups excluding carboxylic acids is 1. The van der Waals surface area contributed by atoms with Crippen LogP contribution in [0.4, 0.5) is 0 Å². The topological polar surface area (TPSA) is 59.0 Å². The summed E-state index contributed by atoms with van der Waals surface area (Å²) < 4.78 is 1.74. The second-order valence-corrected chi connectivity index (χ2v) is 6.68. The first-order valence-corrected chi connectivity index (χ1v) is 8.85. The maximum atomic E-state index is 12.2. The molecule has 136 valence electrons. The van der Waals surface area contributed by atoms with E-state index in [0.29, 0.717) is 29.6 Å². The SMILES string of the molecule is Cl.O=C(NCCC1CCCNC1)c1cnn(Cc2ccccc2Cl)c1. The number of halogens is 2. The minimum atomic E-state index is -0.0656. The van der Waals surface area contributed by atoms with Crippen LogP contribution in [0.1, 0.15) is 35.2 Å².